The fourth-order valence-corrected chi connectivity index (χ4v) is 8.43. The summed E-state index contributed by atoms with van der Waals surface area (Å²) >= 11 is 3.15. The van der Waals surface area contributed by atoms with E-state index in [0.717, 1.165) is 103 Å². The molecule has 0 bridgehead atoms. The highest BCUT2D eigenvalue weighted by Crippen LogP contribution is 2.38. The van der Waals surface area contributed by atoms with Crippen LogP contribution in [0, 0.1) is 23.5 Å². The van der Waals surface area contributed by atoms with E-state index in [1.807, 2.05) is 41.4 Å². The molecule has 0 radical (unpaired) electrons. The molecule has 4 aromatic carbocycles. The number of fused-ring (bicyclic) bond motifs is 3. The molecule has 0 aliphatic heterocycles. The van der Waals surface area contributed by atoms with Gasteiger partial charge in [0.25, 0.3) is 0 Å². The predicted molar refractivity (Wildman–Crippen MR) is 237 cm³/mol. The molecular formula is C45H45F2N9S2. The van der Waals surface area contributed by atoms with Gasteiger partial charge in [-0.05, 0) is 97.5 Å². The number of nitrogens with zero attached hydrogens (tertiary/aromatic N) is 6. The van der Waals surface area contributed by atoms with E-state index in [2.05, 4.69) is 69.6 Å². The number of benzene rings is 4. The van der Waals surface area contributed by atoms with Crippen LogP contribution in [0.5, 0.6) is 0 Å². The van der Waals surface area contributed by atoms with Crippen molar-refractivity contribution in [3.05, 3.63) is 120 Å². The maximum atomic E-state index is 13.5. The summed E-state index contributed by atoms with van der Waals surface area (Å²) in [6.45, 7) is 10.5. The number of thiazole rings is 2. The van der Waals surface area contributed by atoms with Crippen molar-refractivity contribution < 1.29 is 8.78 Å². The SMILES string of the molecule is CC(C)CCNc1cc(-c2c(-c3ccc(F)cc3)nc3sccn23)ccc1N.CC(C)CCn1c(N)nc2ccc(-c3c(-c4ccc(F)cc4)nc4sccn34)cc21. The summed E-state index contributed by atoms with van der Waals surface area (Å²) in [4.78, 5) is 16.0. The summed E-state index contributed by atoms with van der Waals surface area (Å²) < 4.78 is 33.1. The Hall–Kier alpha value is -6.05. The lowest BCUT2D eigenvalue weighted by Crippen LogP contribution is -2.07. The molecular weight excluding hydrogens is 769 g/mol. The highest BCUT2D eigenvalue weighted by Gasteiger charge is 2.20. The number of hydrogen-bond acceptors (Lipinski definition) is 8. The molecule has 9 aromatic rings. The molecule has 5 heterocycles. The molecule has 0 atom stereocenters. The van der Waals surface area contributed by atoms with Crippen LogP contribution in [0.25, 0.3) is 66.0 Å². The van der Waals surface area contributed by atoms with E-state index in [1.165, 1.54) is 24.3 Å². The van der Waals surface area contributed by atoms with Gasteiger partial charge in [0, 0.05) is 58.5 Å². The second-order valence-electron chi connectivity index (χ2n) is 15.2. The Morgan fingerprint density at radius 1 is 0.638 bits per heavy atom. The van der Waals surface area contributed by atoms with Crippen molar-refractivity contribution in [1.82, 2.24) is 28.3 Å². The molecule has 0 saturated carbocycles. The first-order valence-corrected chi connectivity index (χ1v) is 21.1. The van der Waals surface area contributed by atoms with Gasteiger partial charge in [-0.3, -0.25) is 8.80 Å². The fourth-order valence-electron chi connectivity index (χ4n) is 7.00. The summed E-state index contributed by atoms with van der Waals surface area (Å²) in [5.74, 6) is 1.23. The Morgan fingerprint density at radius 2 is 1.16 bits per heavy atom. The van der Waals surface area contributed by atoms with Crippen molar-refractivity contribution in [1.29, 1.82) is 0 Å². The second-order valence-corrected chi connectivity index (χ2v) is 16.9. The third-order valence-corrected chi connectivity index (χ3v) is 11.6. The Labute approximate surface area is 343 Å². The van der Waals surface area contributed by atoms with Crippen LogP contribution >= 0.6 is 22.7 Å². The van der Waals surface area contributed by atoms with Crippen LogP contribution in [0.4, 0.5) is 26.1 Å². The number of imidazole rings is 3. The minimum absolute atomic E-state index is 0.254. The zero-order valence-electron chi connectivity index (χ0n) is 32.8. The average Bonchev–Trinajstić information content (AvgIpc) is 4.03. The highest BCUT2D eigenvalue weighted by molar-refractivity contribution is 7.15. The maximum absolute atomic E-state index is 13.5. The lowest BCUT2D eigenvalue weighted by atomic mass is 10.0. The quantitative estimate of drug-likeness (QED) is 0.112. The Kier molecular flexibility index (Phi) is 11.0. The van der Waals surface area contributed by atoms with Crippen molar-refractivity contribution in [2.24, 2.45) is 11.8 Å². The summed E-state index contributed by atoms with van der Waals surface area (Å²) in [5.41, 5.74) is 23.4. The van der Waals surface area contributed by atoms with Crippen molar-refractivity contribution in [3.8, 4) is 45.0 Å². The molecule has 9 rings (SSSR count). The molecule has 296 valence electrons. The van der Waals surface area contributed by atoms with Crippen LogP contribution in [0.15, 0.2) is 108 Å². The highest BCUT2D eigenvalue weighted by atomic mass is 32.1. The van der Waals surface area contributed by atoms with Gasteiger partial charge in [-0.15, -0.1) is 22.7 Å². The number of nitrogens with one attached hydrogen (secondary N) is 1. The first-order chi connectivity index (χ1) is 28.0. The van der Waals surface area contributed by atoms with E-state index in [-0.39, 0.29) is 11.6 Å². The van der Waals surface area contributed by atoms with Crippen LogP contribution in [-0.4, -0.2) is 34.9 Å². The third-order valence-electron chi connectivity index (χ3n) is 10.1. The van der Waals surface area contributed by atoms with Gasteiger partial charge in [0.2, 0.25) is 5.95 Å². The largest absolute Gasteiger partial charge is 0.397 e. The normalized spacial score (nSPS) is 11.7. The van der Waals surface area contributed by atoms with Gasteiger partial charge in [-0.1, -0.05) is 39.8 Å². The summed E-state index contributed by atoms with van der Waals surface area (Å²) in [6.07, 6.45) is 6.13. The summed E-state index contributed by atoms with van der Waals surface area (Å²) in [6, 6.07) is 25.2. The number of nitrogen functional groups attached to an aromatic ring is 2. The van der Waals surface area contributed by atoms with Crippen LogP contribution in [0.1, 0.15) is 40.5 Å². The van der Waals surface area contributed by atoms with E-state index in [1.54, 1.807) is 46.9 Å². The van der Waals surface area contributed by atoms with Gasteiger partial charge in [0.15, 0.2) is 9.92 Å². The zero-order chi connectivity index (χ0) is 40.5. The number of nitrogens with two attached hydrogens (primary N) is 2. The molecule has 5 N–H and O–H groups in total. The number of aromatic nitrogens is 6. The monoisotopic (exact) mass is 813 g/mol. The Bertz CT molecular complexity index is 2830. The topological polar surface area (TPSA) is 116 Å². The van der Waals surface area contributed by atoms with Crippen LogP contribution in [0.2, 0.25) is 0 Å². The Balaban J connectivity index is 0.000000162. The van der Waals surface area contributed by atoms with Gasteiger partial charge in [-0.2, -0.15) is 0 Å². The summed E-state index contributed by atoms with van der Waals surface area (Å²) in [7, 11) is 0. The predicted octanol–water partition coefficient (Wildman–Crippen LogP) is 11.8. The van der Waals surface area contributed by atoms with Crippen LogP contribution in [-0.2, 0) is 6.54 Å². The minimum Gasteiger partial charge on any atom is -0.397 e. The number of halogens is 2. The van der Waals surface area contributed by atoms with Crippen LogP contribution in [0.3, 0.4) is 0 Å². The van der Waals surface area contributed by atoms with Crippen molar-refractivity contribution in [2.75, 3.05) is 23.3 Å². The molecule has 0 aliphatic carbocycles. The average molecular weight is 814 g/mol. The number of anilines is 3. The second kappa shape index (κ2) is 16.4. The molecule has 0 amide bonds. The lowest BCUT2D eigenvalue weighted by molar-refractivity contribution is 0.526. The van der Waals surface area contributed by atoms with E-state index in [4.69, 9.17) is 21.4 Å². The van der Waals surface area contributed by atoms with Crippen molar-refractivity contribution >= 4 is 61.0 Å². The van der Waals surface area contributed by atoms with Gasteiger partial charge in [0.1, 0.15) is 11.6 Å². The van der Waals surface area contributed by atoms with Gasteiger partial charge in [-0.25, -0.2) is 23.7 Å². The van der Waals surface area contributed by atoms with Crippen molar-refractivity contribution in [2.45, 2.75) is 47.1 Å². The van der Waals surface area contributed by atoms with Crippen molar-refractivity contribution in [3.63, 3.8) is 0 Å². The molecule has 0 unspecified atom stereocenters. The van der Waals surface area contributed by atoms with Gasteiger partial charge < -0.3 is 21.4 Å². The summed E-state index contributed by atoms with van der Waals surface area (Å²) in [5, 5.41) is 7.48. The zero-order valence-corrected chi connectivity index (χ0v) is 34.4. The maximum Gasteiger partial charge on any atom is 0.201 e. The lowest BCUT2D eigenvalue weighted by Gasteiger charge is -2.13. The van der Waals surface area contributed by atoms with Gasteiger partial charge in [0.05, 0.1) is 45.2 Å². The van der Waals surface area contributed by atoms with E-state index in [0.29, 0.717) is 17.8 Å². The first kappa shape index (κ1) is 38.8. The first-order valence-electron chi connectivity index (χ1n) is 19.4. The number of hydrogen-bond donors (Lipinski definition) is 3. The third kappa shape index (κ3) is 7.92. The fraction of sp³-hybridized carbons (Fsp3) is 0.222. The van der Waals surface area contributed by atoms with E-state index in [9.17, 15) is 8.78 Å². The smallest absolute Gasteiger partial charge is 0.201 e. The molecule has 58 heavy (non-hydrogen) atoms. The number of aryl methyl sites for hydroxylation is 1. The van der Waals surface area contributed by atoms with Crippen LogP contribution < -0.4 is 16.8 Å². The number of rotatable bonds is 11. The molecule has 0 saturated heterocycles. The molecule has 0 spiro atoms. The van der Waals surface area contributed by atoms with Gasteiger partial charge >= 0.3 is 0 Å². The molecule has 0 fully saturated rings. The molecule has 9 nitrogen and oxygen atoms in total. The van der Waals surface area contributed by atoms with E-state index >= 15 is 0 Å². The minimum atomic E-state index is -0.257. The van der Waals surface area contributed by atoms with E-state index < -0.39 is 0 Å². The Morgan fingerprint density at radius 3 is 1.71 bits per heavy atom. The molecule has 5 aromatic heterocycles. The molecule has 0 aliphatic rings. The molecule has 13 heteroatoms. The standard InChI is InChI=1S/C23H22FN5S.C22H23FN4S/c1-14(2)9-10-28-19-13-16(5-8-18(19)26-22(28)25)21-20(15-3-6-17(24)7-4-15)27-23-29(21)11-12-30-23;1-14(2)9-10-25-19-13-16(5-8-18(19)24)21-20(15-3-6-17(23)7-4-15)26-22-27(21)11-12-28-22/h3-8,11-14H,9-10H2,1-2H3,(H2,25,26);3-8,11-14,25H,9-10,24H2,1-2H3.